The second-order valence-electron chi connectivity index (χ2n) is 4.39. The molecule has 1 aromatic carbocycles. The predicted octanol–water partition coefficient (Wildman–Crippen LogP) is 2.56. The van der Waals surface area contributed by atoms with E-state index in [4.69, 9.17) is 21.1 Å². The molecule has 0 spiro atoms. The van der Waals surface area contributed by atoms with Crippen molar-refractivity contribution in [1.82, 2.24) is 9.55 Å². The Morgan fingerprint density at radius 3 is 2.80 bits per heavy atom. The molecule has 0 bridgehead atoms. The van der Waals surface area contributed by atoms with E-state index in [0.29, 0.717) is 18.1 Å². The number of imidazole rings is 1. The lowest BCUT2D eigenvalue weighted by molar-refractivity contribution is -0.143. The van der Waals surface area contributed by atoms with Crippen LogP contribution in [0.3, 0.4) is 0 Å². The van der Waals surface area contributed by atoms with Gasteiger partial charge in [0.05, 0.1) is 25.3 Å². The van der Waals surface area contributed by atoms with Gasteiger partial charge in [-0.05, 0) is 19.1 Å². The number of fused-ring (bicyclic) bond motifs is 1. The Morgan fingerprint density at radius 1 is 1.45 bits per heavy atom. The van der Waals surface area contributed by atoms with Gasteiger partial charge in [-0.1, -0.05) is 0 Å². The number of aromatic nitrogens is 2. The van der Waals surface area contributed by atoms with Gasteiger partial charge in [-0.3, -0.25) is 0 Å². The van der Waals surface area contributed by atoms with Crippen LogP contribution in [0.4, 0.5) is 0 Å². The summed E-state index contributed by atoms with van der Waals surface area (Å²) in [7, 11) is 2.98. The molecule has 20 heavy (non-hydrogen) atoms. The number of methoxy groups -OCH3 is 2. The van der Waals surface area contributed by atoms with Crippen LogP contribution in [0.2, 0.25) is 0 Å². The Hall–Kier alpha value is -1.75. The summed E-state index contributed by atoms with van der Waals surface area (Å²) in [6.07, 6.45) is 0.583. The smallest absolute Gasteiger partial charge is 0.328 e. The minimum atomic E-state index is -0.463. The Labute approximate surface area is 122 Å². The van der Waals surface area contributed by atoms with Crippen LogP contribution in [-0.4, -0.2) is 35.6 Å². The highest BCUT2D eigenvalue weighted by atomic mass is 35.5. The summed E-state index contributed by atoms with van der Waals surface area (Å²) < 4.78 is 11.9. The van der Waals surface area contributed by atoms with Crippen molar-refractivity contribution in [3.63, 3.8) is 0 Å². The van der Waals surface area contributed by atoms with E-state index in [-0.39, 0.29) is 5.97 Å². The minimum Gasteiger partial charge on any atom is -0.497 e. The van der Waals surface area contributed by atoms with E-state index in [1.165, 1.54) is 7.11 Å². The number of benzene rings is 1. The average molecular weight is 297 g/mol. The molecule has 0 aliphatic rings. The number of nitrogens with zero attached hydrogens (tertiary/aromatic N) is 2. The van der Waals surface area contributed by atoms with Crippen LogP contribution < -0.4 is 4.74 Å². The Morgan fingerprint density at radius 2 is 2.20 bits per heavy atom. The molecule has 0 aliphatic carbocycles. The Bertz CT molecular complexity index is 624. The van der Waals surface area contributed by atoms with Gasteiger partial charge < -0.3 is 14.0 Å². The summed E-state index contributed by atoms with van der Waals surface area (Å²) in [5, 5.41) is 0. The fourth-order valence-corrected chi connectivity index (χ4v) is 2.39. The summed E-state index contributed by atoms with van der Waals surface area (Å²) in [5.74, 6) is 1.60. The van der Waals surface area contributed by atoms with Crippen LogP contribution in [0.15, 0.2) is 18.2 Å². The lowest BCUT2D eigenvalue weighted by Gasteiger charge is -2.15. The molecular weight excluding hydrogens is 280 g/mol. The molecule has 108 valence electrons. The highest BCUT2D eigenvalue weighted by molar-refractivity contribution is 6.17. The van der Waals surface area contributed by atoms with Crippen LogP contribution in [0.5, 0.6) is 5.75 Å². The summed E-state index contributed by atoms with van der Waals surface area (Å²) >= 11 is 5.82. The molecule has 1 heterocycles. The molecule has 2 aromatic rings. The first-order valence-corrected chi connectivity index (χ1v) is 6.84. The van der Waals surface area contributed by atoms with Crippen LogP contribution in [0.1, 0.15) is 18.8 Å². The minimum absolute atomic E-state index is 0.317. The van der Waals surface area contributed by atoms with Crippen LogP contribution >= 0.6 is 11.6 Å². The van der Waals surface area contributed by atoms with Gasteiger partial charge in [-0.2, -0.15) is 0 Å². The Kier molecular flexibility index (Phi) is 4.49. The number of carbonyl (C=O) groups is 1. The fraction of sp³-hybridized carbons (Fsp3) is 0.429. The van der Waals surface area contributed by atoms with Crippen LogP contribution in [0, 0.1) is 0 Å². The molecule has 0 fully saturated rings. The SMILES string of the molecule is COC(=O)C(C)n1c(CCCl)nc2ccc(OC)cc21. The Balaban J connectivity index is 2.62. The van der Waals surface area contributed by atoms with Gasteiger partial charge in [-0.15, -0.1) is 11.6 Å². The average Bonchev–Trinajstić information content (AvgIpc) is 2.82. The van der Waals surface area contributed by atoms with Crippen molar-refractivity contribution in [3.05, 3.63) is 24.0 Å². The number of alkyl halides is 1. The monoisotopic (exact) mass is 296 g/mol. The van der Waals surface area contributed by atoms with Gasteiger partial charge in [0.1, 0.15) is 17.6 Å². The molecular formula is C14H17ClN2O3. The highest BCUT2D eigenvalue weighted by Gasteiger charge is 2.22. The van der Waals surface area contributed by atoms with Gasteiger partial charge >= 0.3 is 5.97 Å². The fourth-order valence-electron chi connectivity index (χ4n) is 2.22. The number of rotatable bonds is 5. The number of ether oxygens (including phenoxy) is 2. The zero-order valence-corrected chi connectivity index (χ0v) is 12.5. The van der Waals surface area contributed by atoms with Crippen molar-refractivity contribution in [1.29, 1.82) is 0 Å². The molecule has 1 atom stereocenters. The molecule has 0 saturated carbocycles. The number of hydrogen-bond acceptors (Lipinski definition) is 4. The van der Waals surface area contributed by atoms with Crippen molar-refractivity contribution in [2.24, 2.45) is 0 Å². The second-order valence-corrected chi connectivity index (χ2v) is 4.77. The van der Waals surface area contributed by atoms with Crippen molar-refractivity contribution in [2.45, 2.75) is 19.4 Å². The van der Waals surface area contributed by atoms with E-state index >= 15 is 0 Å². The maximum Gasteiger partial charge on any atom is 0.328 e. The number of hydrogen-bond donors (Lipinski definition) is 0. The molecule has 0 amide bonds. The van der Waals surface area contributed by atoms with Gasteiger partial charge in [0.15, 0.2) is 0 Å². The zero-order valence-electron chi connectivity index (χ0n) is 11.7. The quantitative estimate of drug-likeness (QED) is 0.628. The van der Waals surface area contributed by atoms with Gasteiger partial charge in [-0.25, -0.2) is 9.78 Å². The molecule has 0 aliphatic heterocycles. The molecule has 2 rings (SSSR count). The third kappa shape index (κ3) is 2.58. The van der Waals surface area contributed by atoms with E-state index in [9.17, 15) is 4.79 Å². The maximum absolute atomic E-state index is 11.8. The lowest BCUT2D eigenvalue weighted by Crippen LogP contribution is -2.20. The van der Waals surface area contributed by atoms with Gasteiger partial charge in [0.2, 0.25) is 0 Å². The standard InChI is InChI=1S/C14H17ClN2O3/c1-9(14(18)20-3)17-12-8-10(19-2)4-5-11(12)16-13(17)6-7-15/h4-5,8-9H,6-7H2,1-3H3. The van der Waals surface area contributed by atoms with E-state index < -0.39 is 6.04 Å². The summed E-state index contributed by atoms with van der Waals surface area (Å²) in [6.45, 7) is 1.78. The summed E-state index contributed by atoms with van der Waals surface area (Å²) in [6, 6.07) is 5.11. The van der Waals surface area contributed by atoms with Crippen molar-refractivity contribution in [2.75, 3.05) is 20.1 Å². The maximum atomic E-state index is 11.8. The van der Waals surface area contributed by atoms with Crippen LogP contribution in [0.25, 0.3) is 11.0 Å². The summed E-state index contributed by atoms with van der Waals surface area (Å²) in [4.78, 5) is 16.4. The van der Waals surface area contributed by atoms with Crippen molar-refractivity contribution < 1.29 is 14.3 Å². The number of esters is 1. The number of halogens is 1. The van der Waals surface area contributed by atoms with E-state index in [1.807, 2.05) is 22.8 Å². The molecule has 5 nitrogen and oxygen atoms in total. The number of aryl methyl sites for hydroxylation is 1. The molecule has 1 unspecified atom stereocenters. The zero-order chi connectivity index (χ0) is 14.7. The normalized spacial score (nSPS) is 12.4. The van der Waals surface area contributed by atoms with Gasteiger partial charge in [0, 0.05) is 18.4 Å². The van der Waals surface area contributed by atoms with Crippen molar-refractivity contribution in [3.8, 4) is 5.75 Å². The topological polar surface area (TPSA) is 53.4 Å². The second kappa shape index (κ2) is 6.13. The third-order valence-corrected chi connectivity index (χ3v) is 3.41. The summed E-state index contributed by atoms with van der Waals surface area (Å²) in [5.41, 5.74) is 1.64. The molecule has 1 aromatic heterocycles. The first kappa shape index (κ1) is 14.7. The molecule has 0 radical (unpaired) electrons. The van der Waals surface area contributed by atoms with Crippen LogP contribution in [-0.2, 0) is 16.0 Å². The first-order chi connectivity index (χ1) is 9.62. The third-order valence-electron chi connectivity index (χ3n) is 3.22. The molecule has 0 saturated heterocycles. The van der Waals surface area contributed by atoms with E-state index in [1.54, 1.807) is 14.0 Å². The lowest BCUT2D eigenvalue weighted by atomic mass is 10.2. The largest absolute Gasteiger partial charge is 0.497 e. The van der Waals surface area contributed by atoms with Gasteiger partial charge in [0.25, 0.3) is 0 Å². The van der Waals surface area contributed by atoms with E-state index in [0.717, 1.165) is 16.9 Å². The highest BCUT2D eigenvalue weighted by Crippen LogP contribution is 2.26. The predicted molar refractivity (Wildman–Crippen MR) is 77.4 cm³/mol. The molecule has 0 N–H and O–H groups in total. The number of carbonyl (C=O) groups excluding carboxylic acids is 1. The first-order valence-electron chi connectivity index (χ1n) is 6.31. The van der Waals surface area contributed by atoms with E-state index in [2.05, 4.69) is 4.98 Å². The van der Waals surface area contributed by atoms with Crippen molar-refractivity contribution >= 4 is 28.6 Å². The molecule has 6 heteroatoms.